The van der Waals surface area contributed by atoms with Gasteiger partial charge in [-0.05, 0) is 104 Å². The maximum Gasteiger partial charge on any atom is 0.303 e. The van der Waals surface area contributed by atoms with Crippen molar-refractivity contribution in [3.8, 4) is 0 Å². The van der Waals surface area contributed by atoms with E-state index < -0.39 is 5.97 Å². The Morgan fingerprint density at radius 1 is 1.00 bits per heavy atom. The predicted molar refractivity (Wildman–Crippen MR) is 118 cm³/mol. The first-order chi connectivity index (χ1) is 14.1. The van der Waals surface area contributed by atoms with Crippen LogP contribution in [-0.4, -0.2) is 33.5 Å². The van der Waals surface area contributed by atoms with E-state index in [1.54, 1.807) is 0 Å². The largest absolute Gasteiger partial charge is 0.481 e. The number of aliphatic hydroxyl groups excluding tert-OH is 2. The second-order valence-corrected chi connectivity index (χ2v) is 12.0. The number of carbonyl (C=O) groups is 1. The fourth-order valence-electron chi connectivity index (χ4n) is 9.48. The first-order valence-electron chi connectivity index (χ1n) is 12.7. The molecule has 0 aromatic heterocycles. The molecule has 4 unspecified atom stereocenters. The van der Waals surface area contributed by atoms with Crippen molar-refractivity contribution in [3.05, 3.63) is 0 Å². The van der Waals surface area contributed by atoms with Gasteiger partial charge in [0.05, 0.1) is 12.2 Å². The third kappa shape index (κ3) is 3.36. The van der Waals surface area contributed by atoms with Gasteiger partial charge in [0, 0.05) is 6.42 Å². The van der Waals surface area contributed by atoms with E-state index in [-0.39, 0.29) is 29.5 Å². The van der Waals surface area contributed by atoms with Crippen molar-refractivity contribution >= 4 is 5.97 Å². The SMILES string of the molecule is CC[C@H]1[C@H](O)C2C3CCC([C@H](C)CCC(=O)O)[C@@]3(C)CCC2[C@@]2(C)CC[C@@H](O)C[C@@H]12. The van der Waals surface area contributed by atoms with Crippen LogP contribution >= 0.6 is 0 Å². The Bertz CT molecular complexity index is 649. The highest BCUT2D eigenvalue weighted by atomic mass is 16.4. The number of fused-ring (bicyclic) bond motifs is 5. The smallest absolute Gasteiger partial charge is 0.303 e. The average molecular weight is 421 g/mol. The minimum atomic E-state index is -0.683. The van der Waals surface area contributed by atoms with Crippen molar-refractivity contribution in [1.29, 1.82) is 0 Å². The van der Waals surface area contributed by atoms with Crippen molar-refractivity contribution in [2.24, 2.45) is 52.3 Å². The molecule has 0 aromatic carbocycles. The Hall–Kier alpha value is -0.610. The van der Waals surface area contributed by atoms with Crippen molar-refractivity contribution < 1.29 is 20.1 Å². The van der Waals surface area contributed by atoms with Gasteiger partial charge in [0.1, 0.15) is 0 Å². The summed E-state index contributed by atoms with van der Waals surface area (Å²) in [5.41, 5.74) is 0.480. The zero-order valence-corrected chi connectivity index (χ0v) is 19.5. The van der Waals surface area contributed by atoms with Crippen LogP contribution in [0.4, 0.5) is 0 Å². The molecule has 4 saturated carbocycles. The fourth-order valence-corrected chi connectivity index (χ4v) is 9.48. The summed E-state index contributed by atoms with van der Waals surface area (Å²) in [6, 6.07) is 0. The molecule has 0 radical (unpaired) electrons. The van der Waals surface area contributed by atoms with Crippen LogP contribution in [0.5, 0.6) is 0 Å². The van der Waals surface area contributed by atoms with E-state index in [1.165, 1.54) is 25.7 Å². The van der Waals surface area contributed by atoms with Gasteiger partial charge in [-0.15, -0.1) is 0 Å². The summed E-state index contributed by atoms with van der Waals surface area (Å²) < 4.78 is 0. The van der Waals surface area contributed by atoms with Crippen molar-refractivity contribution in [2.75, 3.05) is 0 Å². The van der Waals surface area contributed by atoms with Crippen LogP contribution in [-0.2, 0) is 4.79 Å². The molecule has 4 nitrogen and oxygen atoms in total. The molecule has 0 bridgehead atoms. The van der Waals surface area contributed by atoms with Crippen molar-refractivity contribution in [1.82, 2.24) is 0 Å². The molecule has 0 aliphatic heterocycles. The number of aliphatic carboxylic acids is 1. The molecule has 0 spiro atoms. The van der Waals surface area contributed by atoms with E-state index in [2.05, 4.69) is 27.7 Å². The van der Waals surface area contributed by atoms with Gasteiger partial charge in [0.25, 0.3) is 0 Å². The summed E-state index contributed by atoms with van der Waals surface area (Å²) in [6.07, 6.45) is 9.27. The topological polar surface area (TPSA) is 77.8 Å². The fraction of sp³-hybridized carbons (Fsp3) is 0.962. The van der Waals surface area contributed by atoms with Crippen molar-refractivity contribution in [2.45, 2.75) is 104 Å². The van der Waals surface area contributed by atoms with Gasteiger partial charge in [-0.25, -0.2) is 0 Å². The average Bonchev–Trinajstić information content (AvgIpc) is 3.05. The number of hydrogen-bond donors (Lipinski definition) is 3. The Morgan fingerprint density at radius 3 is 2.33 bits per heavy atom. The van der Waals surface area contributed by atoms with Gasteiger partial charge in [-0.3, -0.25) is 4.79 Å². The third-order valence-electron chi connectivity index (χ3n) is 11.0. The summed E-state index contributed by atoms with van der Waals surface area (Å²) in [5.74, 6) is 2.58. The molecular formula is C26H44O4. The molecule has 4 rings (SSSR count). The molecule has 0 aromatic rings. The lowest BCUT2D eigenvalue weighted by atomic mass is 9.41. The number of carboxylic acid groups (broad SMARTS) is 1. The minimum absolute atomic E-state index is 0.194. The van der Waals surface area contributed by atoms with E-state index in [4.69, 9.17) is 5.11 Å². The molecular weight excluding hydrogens is 376 g/mol. The van der Waals surface area contributed by atoms with Gasteiger partial charge in [0.15, 0.2) is 0 Å². The Balaban J connectivity index is 1.61. The predicted octanol–water partition coefficient (Wildman–Crippen LogP) is 5.11. The van der Waals surface area contributed by atoms with E-state index in [0.29, 0.717) is 41.4 Å². The minimum Gasteiger partial charge on any atom is -0.481 e. The molecule has 30 heavy (non-hydrogen) atoms. The van der Waals surface area contributed by atoms with Gasteiger partial charge in [-0.1, -0.05) is 34.1 Å². The molecule has 172 valence electrons. The molecule has 3 N–H and O–H groups in total. The highest BCUT2D eigenvalue weighted by molar-refractivity contribution is 5.66. The van der Waals surface area contributed by atoms with Crippen LogP contribution in [0.1, 0.15) is 91.9 Å². The van der Waals surface area contributed by atoms with Gasteiger partial charge >= 0.3 is 5.97 Å². The molecule has 0 amide bonds. The van der Waals surface area contributed by atoms with Gasteiger partial charge in [0.2, 0.25) is 0 Å². The van der Waals surface area contributed by atoms with Crippen LogP contribution in [0.2, 0.25) is 0 Å². The monoisotopic (exact) mass is 420 g/mol. The summed E-state index contributed by atoms with van der Waals surface area (Å²) in [6.45, 7) is 9.44. The maximum atomic E-state index is 11.7. The molecule has 11 atom stereocenters. The molecule has 0 heterocycles. The summed E-state index contributed by atoms with van der Waals surface area (Å²) >= 11 is 0. The molecule has 4 fully saturated rings. The number of rotatable bonds is 5. The molecule has 0 saturated heterocycles. The second-order valence-electron chi connectivity index (χ2n) is 12.0. The van der Waals surface area contributed by atoms with E-state index in [1.807, 2.05) is 0 Å². The van der Waals surface area contributed by atoms with Crippen molar-refractivity contribution in [3.63, 3.8) is 0 Å². The lowest BCUT2D eigenvalue weighted by molar-refractivity contribution is -0.203. The summed E-state index contributed by atoms with van der Waals surface area (Å²) in [4.78, 5) is 11.1. The van der Waals surface area contributed by atoms with Crippen LogP contribution in [0.15, 0.2) is 0 Å². The molecule has 4 heteroatoms. The zero-order valence-electron chi connectivity index (χ0n) is 19.5. The van der Waals surface area contributed by atoms with Gasteiger partial charge < -0.3 is 15.3 Å². The number of aliphatic hydroxyl groups is 2. The Labute approximate surface area is 182 Å². The third-order valence-corrected chi connectivity index (χ3v) is 11.0. The lowest BCUT2D eigenvalue weighted by Crippen LogP contribution is -2.62. The summed E-state index contributed by atoms with van der Waals surface area (Å²) in [7, 11) is 0. The van der Waals surface area contributed by atoms with E-state index in [9.17, 15) is 15.0 Å². The maximum absolute atomic E-state index is 11.7. The number of hydrogen-bond acceptors (Lipinski definition) is 3. The second kappa shape index (κ2) is 8.06. The molecule has 4 aliphatic carbocycles. The summed E-state index contributed by atoms with van der Waals surface area (Å²) in [5, 5.41) is 31.3. The first kappa shape index (κ1) is 22.6. The van der Waals surface area contributed by atoms with Gasteiger partial charge in [-0.2, -0.15) is 0 Å². The number of carboxylic acids is 1. The Kier molecular flexibility index (Phi) is 6.07. The zero-order chi connectivity index (χ0) is 21.8. The quantitative estimate of drug-likeness (QED) is 0.577. The normalized spacial score (nSPS) is 51.5. The Morgan fingerprint density at radius 2 is 1.67 bits per heavy atom. The standard InChI is InChI=1S/C26H44O4/c1-5-17-21-14-16(27)10-12-26(21,4)20-11-13-25(3)18(15(2)6-9-22(28)29)7-8-19(25)23(20)24(17)30/h15-21,23-24,27,30H,5-14H2,1-4H3,(H,28,29)/t15-,16-,17-,18?,19?,20?,21+,23?,24+,25-,26-/m1/s1. The van der Waals surface area contributed by atoms with E-state index >= 15 is 0 Å². The lowest BCUT2D eigenvalue weighted by Gasteiger charge is -2.64. The molecule has 4 aliphatic rings. The highest BCUT2D eigenvalue weighted by Crippen LogP contribution is 2.69. The van der Waals surface area contributed by atoms with Crippen LogP contribution in [0, 0.1) is 52.3 Å². The first-order valence-corrected chi connectivity index (χ1v) is 12.7. The van der Waals surface area contributed by atoms with E-state index in [0.717, 1.165) is 32.1 Å². The van der Waals surface area contributed by atoms with Crippen LogP contribution in [0.25, 0.3) is 0 Å². The van der Waals surface area contributed by atoms with Crippen LogP contribution < -0.4 is 0 Å². The van der Waals surface area contributed by atoms with Crippen LogP contribution in [0.3, 0.4) is 0 Å². The highest BCUT2D eigenvalue weighted by Gasteiger charge is 2.64.